The zero-order valence-electron chi connectivity index (χ0n) is 15.2. The number of aliphatic carboxylic acids is 1. The van der Waals surface area contributed by atoms with Crippen molar-refractivity contribution in [3.8, 4) is 0 Å². The molecule has 0 saturated carbocycles. The first-order chi connectivity index (χ1) is 12.9. The molecule has 2 aromatic carbocycles. The molecule has 0 spiro atoms. The number of thioether (sulfide) groups is 1. The fourth-order valence-corrected chi connectivity index (χ4v) is 3.26. The van der Waals surface area contributed by atoms with Crippen molar-refractivity contribution in [2.75, 3.05) is 13.1 Å². The fraction of sp³-hybridized carbons (Fsp3) is 0.250. The number of hydrogen-bond acceptors (Lipinski definition) is 4. The van der Waals surface area contributed by atoms with Gasteiger partial charge in [-0.3, -0.25) is 14.4 Å². The molecule has 1 unspecified atom stereocenters. The van der Waals surface area contributed by atoms with E-state index in [2.05, 4.69) is 10.6 Å². The van der Waals surface area contributed by atoms with Gasteiger partial charge in [-0.1, -0.05) is 29.8 Å². The number of carboxylic acid groups (broad SMARTS) is 1. The van der Waals surface area contributed by atoms with Crippen LogP contribution in [0, 0.1) is 6.92 Å². The Balaban J connectivity index is 1.87. The van der Waals surface area contributed by atoms with Crippen molar-refractivity contribution in [1.29, 1.82) is 0 Å². The molecular formula is C20H22N2O4S. The Morgan fingerprint density at radius 3 is 2.33 bits per heavy atom. The lowest BCUT2D eigenvalue weighted by molar-refractivity contribution is -0.136. The summed E-state index contributed by atoms with van der Waals surface area (Å²) in [5, 5.41) is 13.9. The van der Waals surface area contributed by atoms with Gasteiger partial charge in [-0.15, -0.1) is 11.8 Å². The second kappa shape index (κ2) is 9.78. The maximum Gasteiger partial charge on any atom is 0.316 e. The number of carboxylic acids is 1. The molecule has 6 nitrogen and oxygen atoms in total. The van der Waals surface area contributed by atoms with Gasteiger partial charge in [0.25, 0.3) is 11.8 Å². The van der Waals surface area contributed by atoms with E-state index in [-0.39, 0.29) is 18.4 Å². The van der Waals surface area contributed by atoms with E-state index in [0.717, 1.165) is 17.3 Å². The van der Waals surface area contributed by atoms with Crippen LogP contribution in [0.4, 0.5) is 0 Å². The Kier molecular flexibility index (Phi) is 7.43. The van der Waals surface area contributed by atoms with E-state index in [1.54, 1.807) is 43.3 Å². The van der Waals surface area contributed by atoms with Crippen LogP contribution in [-0.4, -0.2) is 41.2 Å². The van der Waals surface area contributed by atoms with E-state index in [1.165, 1.54) is 0 Å². The van der Waals surface area contributed by atoms with Gasteiger partial charge in [-0.05, 0) is 38.1 Å². The number of aryl methyl sites for hydroxylation is 1. The van der Waals surface area contributed by atoms with Gasteiger partial charge in [-0.2, -0.15) is 0 Å². The van der Waals surface area contributed by atoms with Gasteiger partial charge >= 0.3 is 5.97 Å². The van der Waals surface area contributed by atoms with Crippen molar-refractivity contribution in [3.63, 3.8) is 0 Å². The summed E-state index contributed by atoms with van der Waals surface area (Å²) in [5.41, 5.74) is 1.99. The van der Waals surface area contributed by atoms with Crippen molar-refractivity contribution in [2.45, 2.75) is 24.0 Å². The van der Waals surface area contributed by atoms with Crippen LogP contribution in [0.1, 0.15) is 33.2 Å². The van der Waals surface area contributed by atoms with Gasteiger partial charge in [-0.25, -0.2) is 0 Å². The van der Waals surface area contributed by atoms with Crippen LogP contribution in [0.5, 0.6) is 0 Å². The second-order valence-electron chi connectivity index (χ2n) is 5.98. The van der Waals surface area contributed by atoms with E-state index in [1.807, 2.05) is 19.1 Å². The Bertz CT molecular complexity index is 838. The van der Waals surface area contributed by atoms with Crippen LogP contribution in [0.15, 0.2) is 53.4 Å². The summed E-state index contributed by atoms with van der Waals surface area (Å²) >= 11 is 1.12. The summed E-state index contributed by atoms with van der Waals surface area (Å²) in [7, 11) is 0. The molecule has 142 valence electrons. The molecule has 0 aliphatic rings. The van der Waals surface area contributed by atoms with Gasteiger partial charge in [0.15, 0.2) is 0 Å². The number of nitrogens with one attached hydrogen (secondary N) is 2. The third-order valence-corrected chi connectivity index (χ3v) is 4.92. The largest absolute Gasteiger partial charge is 0.480 e. The van der Waals surface area contributed by atoms with Crippen molar-refractivity contribution < 1.29 is 19.5 Å². The van der Waals surface area contributed by atoms with Gasteiger partial charge < -0.3 is 15.7 Å². The molecule has 0 aliphatic heterocycles. The predicted octanol–water partition coefficient (Wildman–Crippen LogP) is 2.72. The summed E-state index contributed by atoms with van der Waals surface area (Å²) in [6.07, 6.45) is 0. The number of carbonyl (C=O) groups excluding carboxylic acids is 2. The SMILES string of the molecule is Cc1cccc(C(=O)NCCNC(=O)c2ccccc2SC(C)C(=O)O)c1. The molecule has 27 heavy (non-hydrogen) atoms. The van der Waals surface area contributed by atoms with Crippen LogP contribution in [0.2, 0.25) is 0 Å². The summed E-state index contributed by atoms with van der Waals surface area (Å²) in [5.74, 6) is -1.44. The van der Waals surface area contributed by atoms with E-state index in [0.29, 0.717) is 22.6 Å². The van der Waals surface area contributed by atoms with E-state index >= 15 is 0 Å². The zero-order chi connectivity index (χ0) is 19.8. The number of carbonyl (C=O) groups is 3. The Morgan fingerprint density at radius 1 is 1.00 bits per heavy atom. The van der Waals surface area contributed by atoms with Crippen molar-refractivity contribution in [2.24, 2.45) is 0 Å². The average Bonchev–Trinajstić information content (AvgIpc) is 2.65. The van der Waals surface area contributed by atoms with Crippen molar-refractivity contribution >= 4 is 29.5 Å². The maximum absolute atomic E-state index is 12.4. The molecule has 0 bridgehead atoms. The first-order valence-corrected chi connectivity index (χ1v) is 9.38. The van der Waals surface area contributed by atoms with E-state index in [9.17, 15) is 14.4 Å². The van der Waals surface area contributed by atoms with Crippen LogP contribution in [0.25, 0.3) is 0 Å². The third-order valence-electron chi connectivity index (χ3n) is 3.76. The molecular weight excluding hydrogens is 364 g/mol. The summed E-state index contributed by atoms with van der Waals surface area (Å²) < 4.78 is 0. The molecule has 2 rings (SSSR count). The average molecular weight is 386 g/mol. The number of hydrogen-bond donors (Lipinski definition) is 3. The molecule has 0 radical (unpaired) electrons. The highest BCUT2D eigenvalue weighted by molar-refractivity contribution is 8.00. The highest BCUT2D eigenvalue weighted by Crippen LogP contribution is 2.26. The lowest BCUT2D eigenvalue weighted by atomic mass is 10.1. The number of amides is 2. The maximum atomic E-state index is 12.4. The minimum absolute atomic E-state index is 0.195. The van der Waals surface area contributed by atoms with Gasteiger partial charge in [0.05, 0.1) is 5.56 Å². The quantitative estimate of drug-likeness (QED) is 0.479. The molecule has 2 amide bonds. The highest BCUT2D eigenvalue weighted by Gasteiger charge is 2.17. The fourth-order valence-electron chi connectivity index (χ4n) is 2.33. The number of benzene rings is 2. The molecule has 7 heteroatoms. The monoisotopic (exact) mass is 386 g/mol. The molecule has 0 aromatic heterocycles. The van der Waals surface area contributed by atoms with E-state index in [4.69, 9.17) is 5.11 Å². The van der Waals surface area contributed by atoms with Crippen molar-refractivity contribution in [1.82, 2.24) is 10.6 Å². The Labute approximate surface area is 162 Å². The van der Waals surface area contributed by atoms with E-state index < -0.39 is 11.2 Å². The van der Waals surface area contributed by atoms with Crippen LogP contribution < -0.4 is 10.6 Å². The number of rotatable bonds is 8. The lowest BCUT2D eigenvalue weighted by Crippen LogP contribution is -2.35. The summed E-state index contributed by atoms with van der Waals surface area (Å²) in [6.45, 7) is 4.05. The second-order valence-corrected chi connectivity index (χ2v) is 7.36. The standard InChI is InChI=1S/C20H22N2O4S/c1-13-6-5-7-15(12-13)18(23)21-10-11-22-19(24)16-8-3-4-9-17(16)27-14(2)20(25)26/h3-9,12,14H,10-11H2,1-2H3,(H,21,23)(H,22,24)(H,25,26). The molecule has 2 aromatic rings. The molecule has 3 N–H and O–H groups in total. The normalized spacial score (nSPS) is 11.5. The van der Waals surface area contributed by atoms with Crippen LogP contribution in [0.3, 0.4) is 0 Å². The Morgan fingerprint density at radius 2 is 1.67 bits per heavy atom. The molecule has 0 saturated heterocycles. The minimum atomic E-state index is -0.936. The smallest absolute Gasteiger partial charge is 0.316 e. The molecule has 0 fully saturated rings. The molecule has 1 atom stereocenters. The predicted molar refractivity (Wildman–Crippen MR) is 105 cm³/mol. The molecule has 0 heterocycles. The third kappa shape index (κ3) is 6.14. The van der Waals surface area contributed by atoms with Crippen LogP contribution >= 0.6 is 11.8 Å². The van der Waals surface area contributed by atoms with Gasteiger partial charge in [0, 0.05) is 23.5 Å². The van der Waals surface area contributed by atoms with Crippen LogP contribution in [-0.2, 0) is 4.79 Å². The topological polar surface area (TPSA) is 95.5 Å². The highest BCUT2D eigenvalue weighted by atomic mass is 32.2. The summed E-state index contributed by atoms with van der Waals surface area (Å²) in [6, 6.07) is 14.1. The first-order valence-electron chi connectivity index (χ1n) is 8.50. The first kappa shape index (κ1) is 20.5. The summed E-state index contributed by atoms with van der Waals surface area (Å²) in [4.78, 5) is 36.1. The molecule has 0 aliphatic carbocycles. The van der Waals surface area contributed by atoms with Crippen molar-refractivity contribution in [3.05, 3.63) is 65.2 Å². The van der Waals surface area contributed by atoms with Gasteiger partial charge in [0.2, 0.25) is 0 Å². The zero-order valence-corrected chi connectivity index (χ0v) is 16.0. The lowest BCUT2D eigenvalue weighted by Gasteiger charge is -2.12. The minimum Gasteiger partial charge on any atom is -0.480 e. The Hall–Kier alpha value is -2.80. The van der Waals surface area contributed by atoms with Gasteiger partial charge in [0.1, 0.15) is 5.25 Å².